The van der Waals surface area contributed by atoms with Gasteiger partial charge in [-0.3, -0.25) is 9.48 Å². The van der Waals surface area contributed by atoms with Crippen molar-refractivity contribution in [3.8, 4) is 0 Å². The summed E-state index contributed by atoms with van der Waals surface area (Å²) in [6.07, 6.45) is -0.368. The van der Waals surface area contributed by atoms with E-state index >= 15 is 0 Å². The average Bonchev–Trinajstić information content (AvgIpc) is 3.28. The van der Waals surface area contributed by atoms with E-state index in [1.807, 2.05) is 6.07 Å². The Morgan fingerprint density at radius 2 is 1.89 bits per heavy atom. The fraction of sp³-hybridized carbons (Fsp3) is 0.375. The van der Waals surface area contributed by atoms with Gasteiger partial charge in [-0.15, -0.1) is 5.10 Å². The molecule has 142 valence electrons. The number of carbonyl (C=O) groups excluding carboxylic acids is 1. The van der Waals surface area contributed by atoms with Gasteiger partial charge in [0, 0.05) is 30.0 Å². The summed E-state index contributed by atoms with van der Waals surface area (Å²) < 4.78 is 41.7. The molecule has 1 amide bonds. The Balaban J connectivity index is 1.43. The Labute approximate surface area is 159 Å². The number of aromatic nitrogens is 5. The van der Waals surface area contributed by atoms with E-state index < -0.39 is 11.9 Å². The maximum atomic E-state index is 12.7. The van der Waals surface area contributed by atoms with E-state index in [9.17, 15) is 18.0 Å². The Kier molecular flexibility index (Phi) is 4.41. The van der Waals surface area contributed by atoms with Gasteiger partial charge >= 0.3 is 6.18 Å². The quantitative estimate of drug-likeness (QED) is 0.611. The number of hydrogen-bond donors (Lipinski definition) is 0. The predicted octanol–water partition coefficient (Wildman–Crippen LogP) is 3.18. The molecule has 0 N–H and O–H groups in total. The van der Waals surface area contributed by atoms with E-state index in [2.05, 4.69) is 31.1 Å². The summed E-state index contributed by atoms with van der Waals surface area (Å²) in [5, 5.41) is 7.82. The molecule has 7 nitrogen and oxygen atoms in total. The van der Waals surface area contributed by atoms with Crippen LogP contribution in [0.15, 0.2) is 35.1 Å². The number of rotatable bonds is 2. The van der Waals surface area contributed by atoms with Crippen molar-refractivity contribution in [3.05, 3.63) is 46.6 Å². The summed E-state index contributed by atoms with van der Waals surface area (Å²) in [5.74, 6) is -0.185. The third kappa shape index (κ3) is 3.55. The minimum atomic E-state index is -4.45. The number of fused-ring (bicyclic) bond motifs is 1. The first-order valence-corrected chi connectivity index (χ1v) is 9.04. The van der Waals surface area contributed by atoms with E-state index in [-0.39, 0.29) is 17.8 Å². The van der Waals surface area contributed by atoms with Crippen LogP contribution in [0.1, 0.15) is 35.2 Å². The molecule has 27 heavy (non-hydrogen) atoms. The van der Waals surface area contributed by atoms with Crippen molar-refractivity contribution in [2.75, 3.05) is 13.1 Å². The van der Waals surface area contributed by atoms with Gasteiger partial charge in [0.1, 0.15) is 0 Å². The molecule has 0 atom stereocenters. The lowest BCUT2D eigenvalue weighted by Crippen LogP contribution is -2.39. The maximum Gasteiger partial charge on any atom is 0.435 e. The zero-order valence-electron chi connectivity index (χ0n) is 13.9. The molecule has 0 spiro atoms. The second kappa shape index (κ2) is 6.63. The number of likely N-dealkylation sites (tertiary alicyclic amines) is 1. The molecular formula is C16H14BrF3N6O. The zero-order valence-corrected chi connectivity index (χ0v) is 15.5. The van der Waals surface area contributed by atoms with Crippen LogP contribution in [0.4, 0.5) is 13.2 Å². The first kappa shape index (κ1) is 18.0. The monoisotopic (exact) mass is 442 g/mol. The highest BCUT2D eigenvalue weighted by Gasteiger charge is 2.35. The van der Waals surface area contributed by atoms with Crippen molar-refractivity contribution < 1.29 is 18.0 Å². The lowest BCUT2D eigenvalue weighted by atomic mass is 10.1. The molecule has 0 unspecified atom stereocenters. The van der Waals surface area contributed by atoms with E-state index in [4.69, 9.17) is 0 Å². The molecule has 1 fully saturated rings. The highest BCUT2D eigenvalue weighted by molar-refractivity contribution is 9.10. The van der Waals surface area contributed by atoms with Crippen LogP contribution < -0.4 is 0 Å². The largest absolute Gasteiger partial charge is 0.435 e. The Morgan fingerprint density at radius 1 is 1.15 bits per heavy atom. The van der Waals surface area contributed by atoms with Crippen LogP contribution >= 0.6 is 15.9 Å². The Bertz CT molecular complexity index is 990. The molecule has 3 aromatic heterocycles. The molecule has 1 aliphatic heterocycles. The molecule has 0 bridgehead atoms. The average molecular weight is 443 g/mol. The molecule has 1 aliphatic rings. The Hall–Kier alpha value is -2.43. The summed E-state index contributed by atoms with van der Waals surface area (Å²) >= 11 is 3.34. The van der Waals surface area contributed by atoms with Crippen LogP contribution in [0.25, 0.3) is 5.65 Å². The SMILES string of the molecule is O=C(c1nc2ccc(Br)cn2n1)N1CCC(n2ccc(C(F)(F)F)n2)CC1. The number of carbonyl (C=O) groups is 1. The van der Waals surface area contributed by atoms with Crippen molar-refractivity contribution in [1.29, 1.82) is 0 Å². The number of piperidine rings is 1. The number of pyridine rings is 1. The minimum absolute atomic E-state index is 0.102. The van der Waals surface area contributed by atoms with Gasteiger partial charge < -0.3 is 4.90 Å². The second-order valence-corrected chi connectivity index (χ2v) is 7.20. The summed E-state index contributed by atoms with van der Waals surface area (Å²) in [6.45, 7) is 0.813. The highest BCUT2D eigenvalue weighted by atomic mass is 79.9. The van der Waals surface area contributed by atoms with Gasteiger partial charge in [0.05, 0.1) is 6.04 Å². The summed E-state index contributed by atoms with van der Waals surface area (Å²) in [4.78, 5) is 18.5. The van der Waals surface area contributed by atoms with Gasteiger partial charge in [-0.05, 0) is 47.0 Å². The van der Waals surface area contributed by atoms with E-state index in [1.165, 1.54) is 15.4 Å². The number of hydrogen-bond acceptors (Lipinski definition) is 4. The van der Waals surface area contributed by atoms with Crippen molar-refractivity contribution in [3.63, 3.8) is 0 Å². The molecule has 0 saturated carbocycles. The van der Waals surface area contributed by atoms with E-state index in [0.717, 1.165) is 10.5 Å². The third-order valence-corrected chi connectivity index (χ3v) is 4.98. The molecule has 0 aromatic carbocycles. The van der Waals surface area contributed by atoms with Crippen LogP contribution in [-0.2, 0) is 6.18 Å². The summed E-state index contributed by atoms with van der Waals surface area (Å²) in [5.41, 5.74) is -0.339. The van der Waals surface area contributed by atoms with Crippen LogP contribution in [0.5, 0.6) is 0 Å². The maximum absolute atomic E-state index is 12.7. The van der Waals surface area contributed by atoms with Gasteiger partial charge in [-0.2, -0.15) is 18.3 Å². The standard InChI is InChI=1S/C16H14BrF3N6O/c17-10-1-2-13-21-14(23-26(13)9-10)15(27)24-6-3-11(4-7-24)25-8-5-12(22-25)16(18,19)20/h1-2,5,8-9,11H,3-4,6-7H2. The molecule has 4 heterocycles. The molecule has 0 aliphatic carbocycles. The second-order valence-electron chi connectivity index (χ2n) is 6.29. The van der Waals surface area contributed by atoms with Crippen LogP contribution in [0, 0.1) is 0 Å². The number of halogens is 4. The molecule has 4 rings (SSSR count). The van der Waals surface area contributed by atoms with Crippen molar-refractivity contribution >= 4 is 27.5 Å². The smallest absolute Gasteiger partial charge is 0.336 e. The van der Waals surface area contributed by atoms with Crippen molar-refractivity contribution in [2.24, 2.45) is 0 Å². The van der Waals surface area contributed by atoms with Crippen LogP contribution in [-0.4, -0.2) is 48.3 Å². The number of alkyl halides is 3. The fourth-order valence-corrected chi connectivity index (χ4v) is 3.44. The van der Waals surface area contributed by atoms with Gasteiger partial charge in [0.25, 0.3) is 5.91 Å². The molecule has 11 heteroatoms. The lowest BCUT2D eigenvalue weighted by molar-refractivity contribution is -0.141. The predicted molar refractivity (Wildman–Crippen MR) is 92.1 cm³/mol. The van der Waals surface area contributed by atoms with Crippen molar-refractivity contribution in [1.82, 2.24) is 29.3 Å². The molecule has 1 saturated heterocycles. The van der Waals surface area contributed by atoms with Gasteiger partial charge in [0.2, 0.25) is 5.82 Å². The summed E-state index contributed by atoms with van der Waals surface area (Å²) in [6, 6.07) is 4.35. The minimum Gasteiger partial charge on any atom is -0.336 e. The molecular weight excluding hydrogens is 429 g/mol. The number of amides is 1. The first-order chi connectivity index (χ1) is 12.8. The van der Waals surface area contributed by atoms with Gasteiger partial charge in [-0.1, -0.05) is 0 Å². The zero-order chi connectivity index (χ0) is 19.2. The topological polar surface area (TPSA) is 68.3 Å². The lowest BCUT2D eigenvalue weighted by Gasteiger charge is -2.31. The third-order valence-electron chi connectivity index (χ3n) is 4.51. The molecule has 3 aromatic rings. The fourth-order valence-electron chi connectivity index (χ4n) is 3.12. The van der Waals surface area contributed by atoms with Gasteiger partial charge in [0.15, 0.2) is 11.3 Å². The number of nitrogens with zero attached hydrogens (tertiary/aromatic N) is 6. The highest BCUT2D eigenvalue weighted by Crippen LogP contribution is 2.29. The van der Waals surface area contributed by atoms with E-state index in [1.54, 1.807) is 17.2 Å². The summed E-state index contributed by atoms with van der Waals surface area (Å²) in [7, 11) is 0. The van der Waals surface area contributed by atoms with Crippen molar-refractivity contribution in [2.45, 2.75) is 25.1 Å². The molecule has 0 radical (unpaired) electrons. The first-order valence-electron chi connectivity index (χ1n) is 8.25. The van der Waals surface area contributed by atoms with Gasteiger partial charge in [-0.25, -0.2) is 9.50 Å². The van der Waals surface area contributed by atoms with Crippen LogP contribution in [0.3, 0.4) is 0 Å². The Morgan fingerprint density at radius 3 is 2.56 bits per heavy atom. The normalized spacial score (nSPS) is 16.2. The van der Waals surface area contributed by atoms with E-state index in [0.29, 0.717) is 31.6 Å². The van der Waals surface area contributed by atoms with Crippen LogP contribution in [0.2, 0.25) is 0 Å².